The lowest BCUT2D eigenvalue weighted by atomic mass is 9.87. The van der Waals surface area contributed by atoms with Crippen molar-refractivity contribution in [3.8, 4) is 0 Å². The number of aryl methyl sites for hydroxylation is 1. The van der Waals surface area contributed by atoms with E-state index in [4.69, 9.17) is 4.98 Å². The van der Waals surface area contributed by atoms with Crippen LogP contribution in [0.25, 0.3) is 0 Å². The van der Waals surface area contributed by atoms with Crippen LogP contribution in [-0.4, -0.2) is 28.3 Å². The van der Waals surface area contributed by atoms with Gasteiger partial charge in [0.25, 0.3) is 0 Å². The molecule has 0 amide bonds. The van der Waals surface area contributed by atoms with Gasteiger partial charge in [-0.05, 0) is 64.3 Å². The fourth-order valence-electron chi connectivity index (χ4n) is 2.45. The lowest BCUT2D eigenvalue weighted by molar-refractivity contribution is 0.346. The molecule has 1 heterocycles. The summed E-state index contributed by atoms with van der Waals surface area (Å²) in [6.07, 6.45) is 7.62. The van der Waals surface area contributed by atoms with Crippen LogP contribution < -0.4 is 5.32 Å². The molecule has 1 N–H and O–H groups in total. The molecule has 0 aliphatic heterocycles. The molecule has 106 valence electrons. The van der Waals surface area contributed by atoms with Crippen molar-refractivity contribution < 1.29 is 0 Å². The summed E-state index contributed by atoms with van der Waals surface area (Å²) >= 11 is 1.78. The lowest BCUT2D eigenvalue weighted by Crippen LogP contribution is -2.40. The van der Waals surface area contributed by atoms with Crippen molar-refractivity contribution in [3.05, 3.63) is 23.3 Å². The molecule has 0 saturated heterocycles. The Morgan fingerprint density at radius 1 is 1.42 bits per heavy atom. The Balaban J connectivity index is 1.96. The van der Waals surface area contributed by atoms with E-state index in [9.17, 15) is 0 Å². The van der Waals surface area contributed by atoms with E-state index in [0.717, 1.165) is 36.9 Å². The molecule has 1 aliphatic carbocycles. The molecule has 0 radical (unpaired) electrons. The molecule has 1 aromatic heterocycles. The van der Waals surface area contributed by atoms with Crippen molar-refractivity contribution >= 4 is 11.8 Å². The zero-order valence-corrected chi connectivity index (χ0v) is 13.3. The van der Waals surface area contributed by atoms with Crippen LogP contribution in [0.2, 0.25) is 0 Å². The summed E-state index contributed by atoms with van der Waals surface area (Å²) in [6.45, 7) is 7.76. The van der Waals surface area contributed by atoms with Gasteiger partial charge >= 0.3 is 0 Å². The minimum atomic E-state index is 0.207. The van der Waals surface area contributed by atoms with Gasteiger partial charge in [-0.3, -0.25) is 0 Å². The predicted octanol–water partition coefficient (Wildman–Crippen LogP) is 2.83. The number of thioether (sulfide) groups is 1. The zero-order valence-electron chi connectivity index (χ0n) is 12.5. The van der Waals surface area contributed by atoms with Crippen molar-refractivity contribution in [1.82, 2.24) is 15.3 Å². The SMILES string of the molecule is CSCc1ncc2c(n1)CCC(CNC(C)(C)C)C2. The summed E-state index contributed by atoms with van der Waals surface area (Å²) in [4.78, 5) is 9.17. The van der Waals surface area contributed by atoms with Crippen molar-refractivity contribution in [2.24, 2.45) is 5.92 Å². The molecular weight excluding hydrogens is 254 g/mol. The first-order valence-electron chi connectivity index (χ1n) is 7.05. The number of hydrogen-bond acceptors (Lipinski definition) is 4. The highest BCUT2D eigenvalue weighted by molar-refractivity contribution is 7.97. The smallest absolute Gasteiger partial charge is 0.138 e. The first kappa shape index (κ1) is 14.8. The summed E-state index contributed by atoms with van der Waals surface area (Å²) in [6, 6.07) is 0. The maximum absolute atomic E-state index is 4.69. The molecule has 2 rings (SSSR count). The Morgan fingerprint density at radius 3 is 2.89 bits per heavy atom. The van der Waals surface area contributed by atoms with E-state index in [1.807, 2.05) is 0 Å². The molecule has 1 atom stereocenters. The van der Waals surface area contributed by atoms with Crippen LogP contribution in [0.1, 0.15) is 44.3 Å². The highest BCUT2D eigenvalue weighted by Crippen LogP contribution is 2.24. The molecule has 19 heavy (non-hydrogen) atoms. The fourth-order valence-corrected chi connectivity index (χ4v) is 2.84. The third kappa shape index (κ3) is 4.46. The van der Waals surface area contributed by atoms with Gasteiger partial charge in [0.05, 0.1) is 5.75 Å². The van der Waals surface area contributed by atoms with Crippen LogP contribution in [0.3, 0.4) is 0 Å². The van der Waals surface area contributed by atoms with E-state index in [0.29, 0.717) is 0 Å². The second-order valence-electron chi connectivity index (χ2n) is 6.43. The van der Waals surface area contributed by atoms with E-state index in [1.54, 1.807) is 11.8 Å². The van der Waals surface area contributed by atoms with Crippen LogP contribution in [0.5, 0.6) is 0 Å². The van der Waals surface area contributed by atoms with Gasteiger partial charge in [-0.25, -0.2) is 9.97 Å². The van der Waals surface area contributed by atoms with E-state index in [2.05, 4.69) is 43.5 Å². The molecule has 0 saturated carbocycles. The molecule has 1 aliphatic rings. The van der Waals surface area contributed by atoms with E-state index in [-0.39, 0.29) is 5.54 Å². The predicted molar refractivity (Wildman–Crippen MR) is 82.5 cm³/mol. The molecule has 0 spiro atoms. The Bertz CT molecular complexity index is 426. The van der Waals surface area contributed by atoms with Gasteiger partial charge in [0.1, 0.15) is 5.82 Å². The van der Waals surface area contributed by atoms with Crippen molar-refractivity contribution in [2.45, 2.75) is 51.3 Å². The van der Waals surface area contributed by atoms with Gasteiger partial charge in [0.2, 0.25) is 0 Å². The van der Waals surface area contributed by atoms with Gasteiger partial charge in [-0.2, -0.15) is 11.8 Å². The topological polar surface area (TPSA) is 37.8 Å². The molecule has 0 fully saturated rings. The fraction of sp³-hybridized carbons (Fsp3) is 0.733. The molecule has 3 nitrogen and oxygen atoms in total. The molecule has 0 bridgehead atoms. The number of nitrogens with zero attached hydrogens (tertiary/aromatic N) is 2. The summed E-state index contributed by atoms with van der Waals surface area (Å²) in [5.74, 6) is 2.63. The Labute approximate surface area is 121 Å². The van der Waals surface area contributed by atoms with Gasteiger partial charge in [0, 0.05) is 17.4 Å². The van der Waals surface area contributed by atoms with Gasteiger partial charge in [-0.15, -0.1) is 0 Å². The highest BCUT2D eigenvalue weighted by atomic mass is 32.2. The zero-order chi connectivity index (χ0) is 13.9. The number of hydrogen-bond donors (Lipinski definition) is 1. The molecule has 0 aromatic carbocycles. The van der Waals surface area contributed by atoms with Gasteiger partial charge < -0.3 is 5.32 Å². The lowest BCUT2D eigenvalue weighted by Gasteiger charge is -2.28. The van der Waals surface area contributed by atoms with Crippen LogP contribution in [0.15, 0.2) is 6.20 Å². The number of nitrogens with one attached hydrogen (secondary N) is 1. The van der Waals surface area contributed by atoms with Crippen LogP contribution in [0.4, 0.5) is 0 Å². The first-order valence-corrected chi connectivity index (χ1v) is 8.45. The summed E-state index contributed by atoms with van der Waals surface area (Å²) in [7, 11) is 0. The molecule has 4 heteroatoms. The van der Waals surface area contributed by atoms with Gasteiger partial charge in [-0.1, -0.05) is 0 Å². The maximum atomic E-state index is 4.69. The quantitative estimate of drug-likeness (QED) is 0.919. The Kier molecular flexibility index (Phi) is 4.85. The Hall–Kier alpha value is -0.610. The van der Waals surface area contributed by atoms with E-state index in [1.165, 1.54) is 17.7 Å². The van der Waals surface area contributed by atoms with Crippen LogP contribution in [-0.2, 0) is 18.6 Å². The van der Waals surface area contributed by atoms with E-state index >= 15 is 0 Å². The summed E-state index contributed by atoms with van der Waals surface area (Å²) in [5.41, 5.74) is 2.85. The molecular formula is C15H25N3S. The average Bonchev–Trinajstić information content (AvgIpc) is 2.36. The standard InChI is InChI=1S/C15H25N3S/c1-15(2,3)17-8-11-5-6-13-12(7-11)9-16-14(18-13)10-19-4/h9,11,17H,5-8,10H2,1-4H3. The van der Waals surface area contributed by atoms with Crippen molar-refractivity contribution in [1.29, 1.82) is 0 Å². The second-order valence-corrected chi connectivity index (χ2v) is 7.30. The van der Waals surface area contributed by atoms with E-state index < -0.39 is 0 Å². The monoisotopic (exact) mass is 279 g/mol. The second kappa shape index (κ2) is 6.23. The summed E-state index contributed by atoms with van der Waals surface area (Å²) < 4.78 is 0. The maximum Gasteiger partial charge on any atom is 0.138 e. The third-order valence-corrected chi connectivity index (χ3v) is 4.04. The number of fused-ring (bicyclic) bond motifs is 1. The minimum Gasteiger partial charge on any atom is -0.312 e. The van der Waals surface area contributed by atoms with Crippen LogP contribution >= 0.6 is 11.8 Å². The minimum absolute atomic E-state index is 0.207. The number of rotatable bonds is 4. The highest BCUT2D eigenvalue weighted by Gasteiger charge is 2.21. The first-order chi connectivity index (χ1) is 8.98. The summed E-state index contributed by atoms with van der Waals surface area (Å²) in [5, 5.41) is 3.61. The largest absolute Gasteiger partial charge is 0.312 e. The van der Waals surface area contributed by atoms with Crippen LogP contribution in [0, 0.1) is 5.92 Å². The van der Waals surface area contributed by atoms with Crippen molar-refractivity contribution in [3.63, 3.8) is 0 Å². The molecule has 1 unspecified atom stereocenters. The number of aromatic nitrogens is 2. The van der Waals surface area contributed by atoms with Crippen molar-refractivity contribution in [2.75, 3.05) is 12.8 Å². The molecule has 1 aromatic rings. The van der Waals surface area contributed by atoms with Gasteiger partial charge in [0.15, 0.2) is 0 Å². The Morgan fingerprint density at radius 2 is 2.21 bits per heavy atom. The average molecular weight is 279 g/mol. The third-order valence-electron chi connectivity index (χ3n) is 3.50. The normalized spacial score (nSPS) is 19.3.